The maximum Gasteiger partial charge on any atom is 0.181 e. The number of Topliss-reactive ketones (excluding diaryl/α,β-unsaturated/α-hetero) is 2. The molecule has 4 rings (SSSR count). The van der Waals surface area contributed by atoms with Crippen LogP contribution < -0.4 is 0 Å². The zero-order chi connectivity index (χ0) is 17.9. The van der Waals surface area contributed by atoms with E-state index in [0.717, 1.165) is 10.9 Å². The summed E-state index contributed by atoms with van der Waals surface area (Å²) in [5.41, 5.74) is 1.99. The number of carbonyl (C=O) groups excluding carboxylic acids is 2. The van der Waals surface area contributed by atoms with Crippen LogP contribution in [0.25, 0.3) is 10.9 Å². The topological polar surface area (TPSA) is 47.0 Å². The summed E-state index contributed by atoms with van der Waals surface area (Å²) in [6.07, 6.45) is 0. The van der Waals surface area contributed by atoms with Crippen LogP contribution in [-0.4, -0.2) is 16.6 Å². The highest BCUT2D eigenvalue weighted by Crippen LogP contribution is 2.48. The molecule has 0 saturated carbocycles. The summed E-state index contributed by atoms with van der Waals surface area (Å²) in [4.78, 5) is 30.6. The van der Waals surface area contributed by atoms with Gasteiger partial charge in [0.2, 0.25) is 0 Å². The van der Waals surface area contributed by atoms with Crippen molar-refractivity contribution in [2.75, 3.05) is 0 Å². The maximum atomic E-state index is 13.0. The van der Waals surface area contributed by atoms with Gasteiger partial charge in [0, 0.05) is 34.4 Å². The van der Waals surface area contributed by atoms with E-state index < -0.39 is 5.92 Å². The van der Waals surface area contributed by atoms with E-state index >= 15 is 0 Å². The number of nitrogens with zero attached hydrogens (tertiary/aromatic N) is 1. The lowest BCUT2D eigenvalue weighted by molar-refractivity contribution is 0.0887. The van der Waals surface area contributed by atoms with E-state index in [4.69, 9.17) is 0 Å². The minimum absolute atomic E-state index is 0.247. The van der Waals surface area contributed by atoms with Gasteiger partial charge in [0.25, 0.3) is 0 Å². The summed E-state index contributed by atoms with van der Waals surface area (Å²) >= 11 is 13.7. The van der Waals surface area contributed by atoms with E-state index in [1.165, 1.54) is 0 Å². The maximum absolute atomic E-state index is 13.0. The van der Waals surface area contributed by atoms with Gasteiger partial charge in [-0.3, -0.25) is 14.6 Å². The van der Waals surface area contributed by atoms with Crippen LogP contribution in [0, 0.1) is 0 Å². The Kier molecular flexibility index (Phi) is 4.46. The molecular formula is C18H7Br4NO2. The fourth-order valence-electron chi connectivity index (χ4n) is 3.01. The Balaban J connectivity index is 1.93. The second-order valence-corrected chi connectivity index (χ2v) is 8.77. The molecule has 0 amide bonds. The summed E-state index contributed by atoms with van der Waals surface area (Å²) in [5, 5.41) is 0.967. The quantitative estimate of drug-likeness (QED) is 0.187. The molecule has 0 N–H and O–H groups in total. The number of hydrogen-bond donors (Lipinski definition) is 0. The molecule has 0 unspecified atom stereocenters. The lowest BCUT2D eigenvalue weighted by Crippen LogP contribution is -2.14. The van der Waals surface area contributed by atoms with Crippen LogP contribution in [-0.2, 0) is 0 Å². The Morgan fingerprint density at radius 2 is 1.28 bits per heavy atom. The number of rotatable bonds is 1. The fourth-order valence-corrected chi connectivity index (χ4v) is 5.52. The number of pyridine rings is 1. The van der Waals surface area contributed by atoms with Gasteiger partial charge >= 0.3 is 0 Å². The second kappa shape index (κ2) is 6.37. The van der Waals surface area contributed by atoms with Crippen LogP contribution >= 0.6 is 63.7 Å². The minimum atomic E-state index is -0.923. The van der Waals surface area contributed by atoms with Crippen LogP contribution in [0.4, 0.5) is 0 Å². The van der Waals surface area contributed by atoms with Crippen molar-refractivity contribution < 1.29 is 9.59 Å². The summed E-state index contributed by atoms with van der Waals surface area (Å²) in [6, 6.07) is 11.3. The molecule has 7 heteroatoms. The largest absolute Gasteiger partial charge is 0.293 e. The van der Waals surface area contributed by atoms with Crippen molar-refractivity contribution in [3.05, 3.63) is 71.1 Å². The molecule has 3 aromatic rings. The monoisotopic (exact) mass is 585 g/mol. The van der Waals surface area contributed by atoms with E-state index in [1.54, 1.807) is 6.07 Å². The molecule has 1 aliphatic rings. The number of ketones is 2. The van der Waals surface area contributed by atoms with Gasteiger partial charge in [-0.15, -0.1) is 0 Å². The minimum Gasteiger partial charge on any atom is -0.293 e. The molecule has 3 nitrogen and oxygen atoms in total. The average Bonchev–Trinajstić information content (AvgIpc) is 2.88. The van der Waals surface area contributed by atoms with E-state index in [9.17, 15) is 9.59 Å². The van der Waals surface area contributed by atoms with Crippen LogP contribution in [0.5, 0.6) is 0 Å². The third-order valence-electron chi connectivity index (χ3n) is 4.20. The second-order valence-electron chi connectivity index (χ2n) is 5.60. The normalized spacial score (nSPS) is 14.4. The van der Waals surface area contributed by atoms with Gasteiger partial charge in [-0.05, 0) is 75.9 Å². The Bertz CT molecular complexity index is 1050. The first-order valence-electron chi connectivity index (χ1n) is 7.22. The molecule has 1 heterocycles. The first kappa shape index (κ1) is 17.5. The molecule has 0 atom stereocenters. The molecule has 0 saturated heterocycles. The van der Waals surface area contributed by atoms with Crippen LogP contribution in [0.2, 0.25) is 0 Å². The Morgan fingerprint density at radius 1 is 0.720 bits per heavy atom. The predicted molar refractivity (Wildman–Crippen MR) is 110 cm³/mol. The molecular weight excluding hydrogens is 582 g/mol. The molecule has 25 heavy (non-hydrogen) atoms. The van der Waals surface area contributed by atoms with Crippen molar-refractivity contribution in [2.24, 2.45) is 0 Å². The van der Waals surface area contributed by atoms with Gasteiger partial charge < -0.3 is 0 Å². The van der Waals surface area contributed by atoms with Gasteiger partial charge in [0.1, 0.15) is 5.92 Å². The Morgan fingerprint density at radius 3 is 1.88 bits per heavy atom. The summed E-state index contributed by atoms with van der Waals surface area (Å²) in [6.45, 7) is 0. The number of fused-ring (bicyclic) bond motifs is 2. The molecule has 124 valence electrons. The number of hydrogen-bond acceptors (Lipinski definition) is 3. The van der Waals surface area contributed by atoms with E-state index in [1.807, 2.05) is 30.3 Å². The van der Waals surface area contributed by atoms with E-state index in [0.29, 0.717) is 34.7 Å². The molecule has 1 aromatic heterocycles. The molecule has 0 fully saturated rings. The highest BCUT2D eigenvalue weighted by Gasteiger charge is 2.44. The van der Waals surface area contributed by atoms with Crippen LogP contribution in [0.15, 0.2) is 54.3 Å². The highest BCUT2D eigenvalue weighted by atomic mass is 79.9. The number of halogens is 4. The highest BCUT2D eigenvalue weighted by molar-refractivity contribution is 9.15. The molecule has 0 aliphatic heterocycles. The molecule has 0 radical (unpaired) electrons. The third kappa shape index (κ3) is 2.59. The number of aromatic nitrogens is 1. The van der Waals surface area contributed by atoms with Crippen molar-refractivity contribution in [1.82, 2.24) is 4.98 Å². The van der Waals surface area contributed by atoms with Crippen LogP contribution in [0.1, 0.15) is 32.3 Å². The zero-order valence-electron chi connectivity index (χ0n) is 12.3. The van der Waals surface area contributed by atoms with Crippen molar-refractivity contribution >= 4 is 86.2 Å². The summed E-state index contributed by atoms with van der Waals surface area (Å²) in [7, 11) is 0. The lowest BCUT2D eigenvalue weighted by atomic mass is 9.98. The first-order valence-corrected chi connectivity index (χ1v) is 10.4. The predicted octanol–water partition coefficient (Wildman–Crippen LogP) is 6.45. The van der Waals surface area contributed by atoms with Crippen molar-refractivity contribution in [1.29, 1.82) is 0 Å². The SMILES string of the molecule is O=C1c2c(Br)c(Br)c(Br)c(Br)c2C(=O)C1c1ccc2ccccc2n1. The molecule has 1 aliphatic carbocycles. The van der Waals surface area contributed by atoms with Crippen LogP contribution in [0.3, 0.4) is 0 Å². The number of carbonyl (C=O) groups is 2. The standard InChI is InChI=1S/C18H7Br4NO2/c19-13-11-12(14(20)16(22)15(13)21)18(25)10(17(11)24)9-6-5-7-3-1-2-4-8(7)23-9/h1-6,10H. The molecule has 0 bridgehead atoms. The number of benzene rings is 2. The zero-order valence-corrected chi connectivity index (χ0v) is 18.7. The Labute approximate surface area is 176 Å². The van der Waals surface area contributed by atoms with Gasteiger partial charge in [0.15, 0.2) is 11.6 Å². The number of para-hydroxylation sites is 1. The van der Waals surface area contributed by atoms with E-state index in [-0.39, 0.29) is 11.6 Å². The lowest BCUT2D eigenvalue weighted by Gasteiger charge is -2.08. The van der Waals surface area contributed by atoms with Gasteiger partial charge in [-0.1, -0.05) is 24.3 Å². The average molecular weight is 589 g/mol. The first-order chi connectivity index (χ1) is 11.9. The fraction of sp³-hybridized carbons (Fsp3) is 0.0556. The van der Waals surface area contributed by atoms with Crippen molar-refractivity contribution in [3.63, 3.8) is 0 Å². The summed E-state index contributed by atoms with van der Waals surface area (Å²) in [5.74, 6) is -1.42. The molecule has 2 aromatic carbocycles. The third-order valence-corrected chi connectivity index (χ3v) is 8.97. The van der Waals surface area contributed by atoms with Gasteiger partial charge in [-0.2, -0.15) is 0 Å². The smallest absolute Gasteiger partial charge is 0.181 e. The van der Waals surface area contributed by atoms with Crippen molar-refractivity contribution in [2.45, 2.75) is 5.92 Å². The van der Waals surface area contributed by atoms with Gasteiger partial charge in [0.05, 0.1) is 11.2 Å². The van der Waals surface area contributed by atoms with Gasteiger partial charge in [-0.25, -0.2) is 0 Å². The molecule has 0 spiro atoms. The van der Waals surface area contributed by atoms with Crippen molar-refractivity contribution in [3.8, 4) is 0 Å². The Hall–Kier alpha value is -0.890. The van der Waals surface area contributed by atoms with E-state index in [2.05, 4.69) is 68.7 Å². The summed E-state index contributed by atoms with van der Waals surface area (Å²) < 4.78 is 2.51.